The van der Waals surface area contributed by atoms with Crippen LogP contribution in [0.2, 0.25) is 0 Å². The third-order valence-electron chi connectivity index (χ3n) is 4.75. The van der Waals surface area contributed by atoms with Crippen molar-refractivity contribution in [2.45, 2.75) is 20.3 Å². The minimum atomic E-state index is -0.201. The van der Waals surface area contributed by atoms with E-state index in [0.717, 1.165) is 5.56 Å². The second-order valence-corrected chi connectivity index (χ2v) is 6.41. The van der Waals surface area contributed by atoms with Crippen molar-refractivity contribution in [3.63, 3.8) is 0 Å². The monoisotopic (exact) mass is 326 g/mol. The highest BCUT2D eigenvalue weighted by Gasteiger charge is 2.22. The lowest BCUT2D eigenvalue weighted by Crippen LogP contribution is -2.49. The number of nitrogens with zero attached hydrogens (tertiary/aromatic N) is 2. The molecule has 2 aromatic carbocycles. The summed E-state index contributed by atoms with van der Waals surface area (Å²) in [5.41, 5.74) is 4.13. The molecular formula is C20H23FN2O. The fourth-order valence-corrected chi connectivity index (χ4v) is 3.10. The van der Waals surface area contributed by atoms with Gasteiger partial charge in [0, 0.05) is 26.2 Å². The van der Waals surface area contributed by atoms with Crippen molar-refractivity contribution in [1.29, 1.82) is 0 Å². The Morgan fingerprint density at radius 3 is 2.38 bits per heavy atom. The Morgan fingerprint density at radius 1 is 1.00 bits per heavy atom. The van der Waals surface area contributed by atoms with Gasteiger partial charge in [-0.1, -0.05) is 30.3 Å². The van der Waals surface area contributed by atoms with Crippen LogP contribution in [-0.4, -0.2) is 37.0 Å². The number of aryl methyl sites for hydroxylation is 2. The van der Waals surface area contributed by atoms with E-state index in [9.17, 15) is 9.18 Å². The predicted octanol–water partition coefficient (Wildman–Crippen LogP) is 3.33. The van der Waals surface area contributed by atoms with Crippen LogP contribution in [0.3, 0.4) is 0 Å². The Balaban J connectivity index is 1.59. The van der Waals surface area contributed by atoms with E-state index < -0.39 is 0 Å². The molecule has 0 aliphatic carbocycles. The van der Waals surface area contributed by atoms with Gasteiger partial charge in [0.2, 0.25) is 5.91 Å². The molecule has 0 aromatic heterocycles. The zero-order valence-corrected chi connectivity index (χ0v) is 14.3. The molecule has 24 heavy (non-hydrogen) atoms. The Labute approximate surface area is 142 Å². The molecule has 1 saturated heterocycles. The van der Waals surface area contributed by atoms with Crippen LogP contribution < -0.4 is 4.90 Å². The summed E-state index contributed by atoms with van der Waals surface area (Å²) in [4.78, 5) is 16.4. The minimum Gasteiger partial charge on any atom is -0.366 e. The Morgan fingerprint density at radius 2 is 1.71 bits per heavy atom. The van der Waals surface area contributed by atoms with E-state index >= 15 is 0 Å². The maximum atomic E-state index is 13.9. The van der Waals surface area contributed by atoms with Gasteiger partial charge in [0.05, 0.1) is 12.1 Å². The number of amides is 1. The number of carbonyl (C=O) groups is 1. The second-order valence-electron chi connectivity index (χ2n) is 6.41. The molecule has 4 heteroatoms. The number of hydrogen-bond donors (Lipinski definition) is 0. The van der Waals surface area contributed by atoms with E-state index in [1.807, 2.05) is 21.9 Å². The highest BCUT2D eigenvalue weighted by Crippen LogP contribution is 2.20. The highest BCUT2D eigenvalue weighted by atomic mass is 19.1. The molecule has 2 aromatic rings. The van der Waals surface area contributed by atoms with Crippen molar-refractivity contribution in [2.75, 3.05) is 31.1 Å². The Bertz CT molecular complexity index is 736. The van der Waals surface area contributed by atoms with Crippen LogP contribution in [0.5, 0.6) is 0 Å². The standard InChI is InChI=1S/C20H23FN2O/c1-15-7-8-17(13-16(15)2)14-20(24)23-11-9-22(10-12-23)19-6-4-3-5-18(19)21/h3-8,13H,9-12,14H2,1-2H3. The van der Waals surface area contributed by atoms with Gasteiger partial charge in [-0.25, -0.2) is 4.39 Å². The molecule has 0 radical (unpaired) electrons. The van der Waals surface area contributed by atoms with Gasteiger partial charge in [-0.3, -0.25) is 4.79 Å². The highest BCUT2D eigenvalue weighted by molar-refractivity contribution is 5.79. The molecule has 0 saturated carbocycles. The summed E-state index contributed by atoms with van der Waals surface area (Å²) < 4.78 is 13.9. The van der Waals surface area contributed by atoms with Crippen LogP contribution in [0, 0.1) is 19.7 Å². The molecule has 1 fully saturated rings. The molecule has 3 nitrogen and oxygen atoms in total. The van der Waals surface area contributed by atoms with Gasteiger partial charge in [0.1, 0.15) is 5.82 Å². The number of hydrogen-bond acceptors (Lipinski definition) is 2. The quantitative estimate of drug-likeness (QED) is 0.864. The molecular weight excluding hydrogens is 303 g/mol. The summed E-state index contributed by atoms with van der Waals surface area (Å²) in [6, 6.07) is 13.0. The van der Waals surface area contributed by atoms with Crippen LogP contribution in [0.25, 0.3) is 0 Å². The van der Waals surface area contributed by atoms with E-state index in [0.29, 0.717) is 38.3 Å². The minimum absolute atomic E-state index is 0.145. The summed E-state index contributed by atoms with van der Waals surface area (Å²) >= 11 is 0. The van der Waals surface area contributed by atoms with Crippen LogP contribution in [-0.2, 0) is 11.2 Å². The summed E-state index contributed by atoms with van der Waals surface area (Å²) in [6.45, 7) is 6.74. The van der Waals surface area contributed by atoms with Crippen molar-refractivity contribution in [1.82, 2.24) is 4.90 Å². The van der Waals surface area contributed by atoms with Gasteiger partial charge >= 0.3 is 0 Å². The number of piperazine rings is 1. The zero-order chi connectivity index (χ0) is 17.1. The second kappa shape index (κ2) is 7.04. The lowest BCUT2D eigenvalue weighted by Gasteiger charge is -2.36. The first-order valence-corrected chi connectivity index (χ1v) is 8.38. The van der Waals surface area contributed by atoms with Crippen LogP contribution >= 0.6 is 0 Å². The fraction of sp³-hybridized carbons (Fsp3) is 0.350. The summed E-state index contributed by atoms with van der Waals surface area (Å²) in [5, 5.41) is 0. The van der Waals surface area contributed by atoms with Gasteiger partial charge in [-0.05, 0) is 42.7 Å². The predicted molar refractivity (Wildman–Crippen MR) is 94.8 cm³/mol. The van der Waals surface area contributed by atoms with Crippen LogP contribution in [0.4, 0.5) is 10.1 Å². The first kappa shape index (κ1) is 16.5. The van der Waals surface area contributed by atoms with Crippen LogP contribution in [0.15, 0.2) is 42.5 Å². The Hall–Kier alpha value is -2.36. The van der Waals surface area contributed by atoms with Gasteiger partial charge < -0.3 is 9.80 Å². The van der Waals surface area contributed by atoms with E-state index in [-0.39, 0.29) is 11.7 Å². The van der Waals surface area contributed by atoms with Crippen molar-refractivity contribution < 1.29 is 9.18 Å². The third kappa shape index (κ3) is 3.58. The molecule has 0 N–H and O–H groups in total. The molecule has 1 amide bonds. The first-order chi connectivity index (χ1) is 11.5. The Kier molecular flexibility index (Phi) is 4.84. The molecule has 0 unspecified atom stereocenters. The molecule has 0 spiro atoms. The molecule has 1 aliphatic heterocycles. The fourth-order valence-electron chi connectivity index (χ4n) is 3.10. The molecule has 0 atom stereocenters. The average Bonchev–Trinajstić information content (AvgIpc) is 2.59. The lowest BCUT2D eigenvalue weighted by molar-refractivity contribution is -0.130. The molecule has 1 aliphatic rings. The topological polar surface area (TPSA) is 23.6 Å². The van der Waals surface area contributed by atoms with Crippen molar-refractivity contribution in [3.05, 3.63) is 65.0 Å². The van der Waals surface area contributed by atoms with Gasteiger partial charge in [-0.2, -0.15) is 0 Å². The van der Waals surface area contributed by atoms with E-state index in [2.05, 4.69) is 26.0 Å². The van der Waals surface area contributed by atoms with Crippen molar-refractivity contribution in [2.24, 2.45) is 0 Å². The largest absolute Gasteiger partial charge is 0.366 e. The molecule has 126 valence electrons. The summed E-state index contributed by atoms with van der Waals surface area (Å²) in [5.74, 6) is -0.0566. The maximum absolute atomic E-state index is 13.9. The molecule has 3 rings (SSSR count). The molecule has 0 bridgehead atoms. The van der Waals surface area contributed by atoms with Gasteiger partial charge in [0.25, 0.3) is 0 Å². The summed E-state index contributed by atoms with van der Waals surface area (Å²) in [6.07, 6.45) is 0.431. The number of halogens is 1. The molecule has 1 heterocycles. The lowest BCUT2D eigenvalue weighted by atomic mass is 10.0. The van der Waals surface area contributed by atoms with Gasteiger partial charge in [-0.15, -0.1) is 0 Å². The van der Waals surface area contributed by atoms with Crippen molar-refractivity contribution >= 4 is 11.6 Å². The zero-order valence-electron chi connectivity index (χ0n) is 14.3. The number of rotatable bonds is 3. The summed E-state index contributed by atoms with van der Waals surface area (Å²) in [7, 11) is 0. The normalized spacial score (nSPS) is 14.8. The average molecular weight is 326 g/mol. The number of para-hydroxylation sites is 1. The number of anilines is 1. The number of benzene rings is 2. The van der Waals surface area contributed by atoms with Crippen LogP contribution in [0.1, 0.15) is 16.7 Å². The number of carbonyl (C=O) groups excluding carboxylic acids is 1. The van der Waals surface area contributed by atoms with Gasteiger partial charge in [0.15, 0.2) is 0 Å². The SMILES string of the molecule is Cc1ccc(CC(=O)N2CCN(c3ccccc3F)CC2)cc1C. The van der Waals surface area contributed by atoms with Crippen molar-refractivity contribution in [3.8, 4) is 0 Å². The smallest absolute Gasteiger partial charge is 0.227 e. The first-order valence-electron chi connectivity index (χ1n) is 8.38. The van der Waals surface area contributed by atoms with E-state index in [1.165, 1.54) is 17.2 Å². The van der Waals surface area contributed by atoms with E-state index in [4.69, 9.17) is 0 Å². The third-order valence-corrected chi connectivity index (χ3v) is 4.75. The van der Waals surface area contributed by atoms with E-state index in [1.54, 1.807) is 12.1 Å². The maximum Gasteiger partial charge on any atom is 0.227 e.